The number of halogens is 1. The van der Waals surface area contributed by atoms with E-state index in [2.05, 4.69) is 10.6 Å². The summed E-state index contributed by atoms with van der Waals surface area (Å²) in [6.45, 7) is 1.79. The van der Waals surface area contributed by atoms with Crippen LogP contribution in [0.15, 0.2) is 65.3 Å². The number of anilines is 3. The van der Waals surface area contributed by atoms with Gasteiger partial charge >= 0.3 is 0 Å². The molecule has 0 saturated carbocycles. The van der Waals surface area contributed by atoms with Crippen LogP contribution in [0.2, 0.25) is 0 Å². The number of amides is 3. The molecular formula is C28H26ClN3O7. The second kappa shape index (κ2) is 11.4. The van der Waals surface area contributed by atoms with Gasteiger partial charge in [-0.25, -0.2) is 4.90 Å². The predicted octanol–water partition coefficient (Wildman–Crippen LogP) is 4.72. The van der Waals surface area contributed by atoms with Gasteiger partial charge in [0.15, 0.2) is 0 Å². The molecule has 0 unspecified atom stereocenters. The van der Waals surface area contributed by atoms with Gasteiger partial charge in [0, 0.05) is 23.4 Å². The molecule has 0 aromatic heterocycles. The minimum Gasteiger partial charge on any atom is -0.497 e. The van der Waals surface area contributed by atoms with Gasteiger partial charge in [-0.3, -0.25) is 14.4 Å². The highest BCUT2D eigenvalue weighted by Gasteiger charge is 2.40. The number of aryl methyl sites for hydroxylation is 1. The van der Waals surface area contributed by atoms with Crippen LogP contribution >= 0.6 is 11.6 Å². The molecule has 202 valence electrons. The minimum absolute atomic E-state index is 0.128. The zero-order chi connectivity index (χ0) is 28.3. The number of ether oxygens (including phenoxy) is 4. The Morgan fingerprint density at radius 2 is 1.41 bits per heavy atom. The van der Waals surface area contributed by atoms with E-state index in [1.165, 1.54) is 34.5 Å². The van der Waals surface area contributed by atoms with Crippen molar-refractivity contribution in [3.63, 3.8) is 0 Å². The van der Waals surface area contributed by atoms with Gasteiger partial charge in [0.25, 0.3) is 17.7 Å². The van der Waals surface area contributed by atoms with Crippen molar-refractivity contribution < 1.29 is 33.3 Å². The van der Waals surface area contributed by atoms with Crippen LogP contribution in [0.25, 0.3) is 0 Å². The van der Waals surface area contributed by atoms with Crippen molar-refractivity contribution in [1.29, 1.82) is 0 Å². The number of imide groups is 1. The zero-order valence-electron chi connectivity index (χ0n) is 21.9. The molecule has 1 heterocycles. The standard InChI is InChI=1S/C28H26ClN3O7/c1-15-6-7-16(26(33)31-19-10-8-17(36-2)13-22(19)38-4)12-20(15)30-25-24(29)27(34)32(28(25)35)21-11-9-18(37-3)14-23(21)39-5/h6-14,30H,1-5H3,(H,31,33). The Morgan fingerprint density at radius 1 is 0.769 bits per heavy atom. The van der Waals surface area contributed by atoms with E-state index in [4.69, 9.17) is 30.5 Å². The molecule has 0 bridgehead atoms. The fraction of sp³-hybridized carbons (Fsp3) is 0.179. The van der Waals surface area contributed by atoms with Crippen LogP contribution in [0.1, 0.15) is 15.9 Å². The van der Waals surface area contributed by atoms with Crippen molar-refractivity contribution in [1.82, 2.24) is 0 Å². The molecular weight excluding hydrogens is 526 g/mol. The number of benzene rings is 3. The number of nitrogens with zero attached hydrogens (tertiary/aromatic N) is 1. The molecule has 0 atom stereocenters. The number of hydrogen-bond acceptors (Lipinski definition) is 8. The van der Waals surface area contributed by atoms with E-state index in [1.807, 2.05) is 0 Å². The molecule has 3 aromatic carbocycles. The van der Waals surface area contributed by atoms with E-state index < -0.39 is 17.7 Å². The highest BCUT2D eigenvalue weighted by molar-refractivity contribution is 6.53. The number of nitrogens with one attached hydrogen (secondary N) is 2. The third-order valence-electron chi connectivity index (χ3n) is 6.07. The van der Waals surface area contributed by atoms with Crippen LogP contribution in [-0.2, 0) is 9.59 Å². The van der Waals surface area contributed by atoms with Crippen LogP contribution in [-0.4, -0.2) is 46.2 Å². The maximum Gasteiger partial charge on any atom is 0.283 e. The van der Waals surface area contributed by atoms with Crippen molar-refractivity contribution in [3.05, 3.63) is 76.5 Å². The Kier molecular flexibility index (Phi) is 7.96. The molecule has 39 heavy (non-hydrogen) atoms. The number of carbonyl (C=O) groups is 3. The fourth-order valence-electron chi connectivity index (χ4n) is 3.93. The highest BCUT2D eigenvalue weighted by Crippen LogP contribution is 2.38. The van der Waals surface area contributed by atoms with Gasteiger partial charge in [-0.05, 0) is 48.9 Å². The quantitative estimate of drug-likeness (QED) is 0.367. The molecule has 1 aliphatic rings. The first-order valence-electron chi connectivity index (χ1n) is 11.6. The second-order valence-corrected chi connectivity index (χ2v) is 8.73. The van der Waals surface area contributed by atoms with Gasteiger partial charge in [0.1, 0.15) is 33.7 Å². The lowest BCUT2D eigenvalue weighted by atomic mass is 10.1. The summed E-state index contributed by atoms with van der Waals surface area (Å²) in [6, 6.07) is 14.6. The lowest BCUT2D eigenvalue weighted by Gasteiger charge is -2.19. The Hall–Kier alpha value is -4.70. The third-order valence-corrected chi connectivity index (χ3v) is 6.42. The van der Waals surface area contributed by atoms with Crippen molar-refractivity contribution in [3.8, 4) is 23.0 Å². The van der Waals surface area contributed by atoms with Gasteiger partial charge in [-0.15, -0.1) is 0 Å². The molecule has 0 fully saturated rings. The molecule has 3 aromatic rings. The molecule has 0 saturated heterocycles. The average molecular weight is 552 g/mol. The number of methoxy groups -OCH3 is 4. The summed E-state index contributed by atoms with van der Waals surface area (Å²) in [7, 11) is 5.93. The fourth-order valence-corrected chi connectivity index (χ4v) is 4.14. The summed E-state index contributed by atoms with van der Waals surface area (Å²) in [6.07, 6.45) is 0. The normalized spacial score (nSPS) is 12.9. The maximum atomic E-state index is 13.4. The summed E-state index contributed by atoms with van der Waals surface area (Å²) < 4.78 is 21.1. The Bertz CT molecular complexity index is 1500. The predicted molar refractivity (Wildman–Crippen MR) is 147 cm³/mol. The monoisotopic (exact) mass is 551 g/mol. The minimum atomic E-state index is -0.717. The van der Waals surface area contributed by atoms with E-state index >= 15 is 0 Å². The van der Waals surface area contributed by atoms with Crippen LogP contribution in [0.5, 0.6) is 23.0 Å². The Morgan fingerprint density at radius 3 is 2.05 bits per heavy atom. The lowest BCUT2D eigenvalue weighted by Crippen LogP contribution is -2.32. The summed E-state index contributed by atoms with van der Waals surface area (Å²) >= 11 is 6.33. The number of rotatable bonds is 9. The largest absolute Gasteiger partial charge is 0.497 e. The highest BCUT2D eigenvalue weighted by atomic mass is 35.5. The third kappa shape index (κ3) is 5.32. The van der Waals surface area contributed by atoms with Crippen molar-refractivity contribution >= 4 is 46.4 Å². The van der Waals surface area contributed by atoms with Crippen LogP contribution in [0, 0.1) is 6.92 Å². The SMILES string of the molecule is COc1ccc(NC(=O)c2ccc(C)c(NC3=C(Cl)C(=O)N(c4ccc(OC)cc4OC)C3=O)c2)c(OC)c1. The van der Waals surface area contributed by atoms with Gasteiger partial charge in [0.2, 0.25) is 0 Å². The summed E-state index contributed by atoms with van der Waals surface area (Å²) in [4.78, 5) is 40.4. The Labute approximate surface area is 230 Å². The molecule has 0 aliphatic carbocycles. The molecule has 11 heteroatoms. The van der Waals surface area contributed by atoms with Crippen LogP contribution in [0.3, 0.4) is 0 Å². The van der Waals surface area contributed by atoms with E-state index in [1.54, 1.807) is 55.5 Å². The molecule has 3 amide bonds. The second-order valence-electron chi connectivity index (χ2n) is 8.35. The van der Waals surface area contributed by atoms with E-state index in [9.17, 15) is 14.4 Å². The first-order chi connectivity index (χ1) is 18.7. The van der Waals surface area contributed by atoms with Gasteiger partial charge in [-0.1, -0.05) is 17.7 Å². The average Bonchev–Trinajstić information content (AvgIpc) is 3.16. The van der Waals surface area contributed by atoms with Crippen molar-refractivity contribution in [2.45, 2.75) is 6.92 Å². The molecule has 0 spiro atoms. The van der Waals surface area contributed by atoms with Gasteiger partial charge in [-0.2, -0.15) is 0 Å². The topological polar surface area (TPSA) is 115 Å². The van der Waals surface area contributed by atoms with Gasteiger partial charge in [0.05, 0.1) is 39.8 Å². The van der Waals surface area contributed by atoms with Crippen molar-refractivity contribution in [2.24, 2.45) is 0 Å². The molecule has 0 radical (unpaired) electrons. The Balaban J connectivity index is 1.60. The maximum absolute atomic E-state index is 13.4. The molecule has 2 N–H and O–H groups in total. The smallest absolute Gasteiger partial charge is 0.283 e. The zero-order valence-corrected chi connectivity index (χ0v) is 22.6. The summed E-state index contributed by atoms with van der Waals surface area (Å²) in [5.74, 6) is -0.0599. The van der Waals surface area contributed by atoms with Crippen molar-refractivity contribution in [2.75, 3.05) is 44.0 Å². The van der Waals surface area contributed by atoms with E-state index in [-0.39, 0.29) is 22.2 Å². The summed E-state index contributed by atoms with van der Waals surface area (Å²) in [5, 5.41) is 5.45. The molecule has 4 rings (SSSR count). The van der Waals surface area contributed by atoms with E-state index in [0.29, 0.717) is 39.8 Å². The first kappa shape index (κ1) is 27.3. The van der Waals surface area contributed by atoms with Gasteiger partial charge < -0.3 is 29.6 Å². The molecule has 1 aliphatic heterocycles. The molecule has 10 nitrogen and oxygen atoms in total. The lowest BCUT2D eigenvalue weighted by molar-refractivity contribution is -0.120. The summed E-state index contributed by atoms with van der Waals surface area (Å²) in [5.41, 5.74) is 1.96. The number of carbonyl (C=O) groups excluding carboxylic acids is 3. The van der Waals surface area contributed by atoms with E-state index in [0.717, 1.165) is 4.90 Å². The van der Waals surface area contributed by atoms with Crippen LogP contribution < -0.4 is 34.5 Å². The first-order valence-corrected chi connectivity index (χ1v) is 12.0. The number of hydrogen-bond donors (Lipinski definition) is 2. The van der Waals surface area contributed by atoms with Crippen LogP contribution in [0.4, 0.5) is 17.1 Å².